The highest BCUT2D eigenvalue weighted by Gasteiger charge is 2.17. The van der Waals surface area contributed by atoms with Gasteiger partial charge in [0.05, 0.1) is 33.4 Å². The first-order chi connectivity index (χ1) is 35.3. The molecule has 0 amide bonds. The van der Waals surface area contributed by atoms with E-state index in [1.54, 1.807) is 24.8 Å². The molecule has 10 heteroatoms. The number of aliphatic imine (C=N–C) groups is 2. The summed E-state index contributed by atoms with van der Waals surface area (Å²) in [5, 5.41) is 12.6. The first-order valence-corrected chi connectivity index (χ1v) is 23.8. The number of rotatable bonds is 10. The Morgan fingerprint density at radius 1 is 0.417 bits per heavy atom. The third-order valence-electron chi connectivity index (χ3n) is 12.9. The number of hydrogen-bond acceptors (Lipinski definition) is 10. The van der Waals surface area contributed by atoms with Crippen LogP contribution in [-0.4, -0.2) is 42.6 Å². The van der Waals surface area contributed by atoms with E-state index in [4.69, 9.17) is 14.4 Å². The van der Waals surface area contributed by atoms with Crippen molar-refractivity contribution >= 4 is 84.5 Å². The zero-order chi connectivity index (χ0) is 48.6. The predicted molar refractivity (Wildman–Crippen MR) is 293 cm³/mol. The van der Waals surface area contributed by atoms with Gasteiger partial charge in [-0.15, -0.1) is 10.2 Å². The second-order valence-electron chi connectivity index (χ2n) is 18.6. The van der Waals surface area contributed by atoms with Gasteiger partial charge in [-0.25, -0.2) is 0 Å². The van der Waals surface area contributed by atoms with Gasteiger partial charge in [0, 0.05) is 87.0 Å². The Kier molecular flexibility index (Phi) is 11.2. The molecular weight excluding hydrogens is 887 g/mol. The number of fused-ring (bicyclic) bond motifs is 6. The van der Waals surface area contributed by atoms with Gasteiger partial charge in [-0.05, 0) is 142 Å². The van der Waals surface area contributed by atoms with Crippen LogP contribution >= 0.6 is 0 Å². The van der Waals surface area contributed by atoms with Gasteiger partial charge in [0.15, 0.2) is 0 Å². The molecule has 7 aromatic carbocycles. The summed E-state index contributed by atoms with van der Waals surface area (Å²) in [6.45, 7) is 6.60. The van der Waals surface area contributed by atoms with Crippen LogP contribution in [0.15, 0.2) is 221 Å². The number of nitrogens with zero attached hydrogens (tertiary/aromatic N) is 9. The molecule has 0 saturated carbocycles. The number of pyridine rings is 4. The molecule has 0 bridgehead atoms. The second-order valence-corrected chi connectivity index (χ2v) is 18.6. The lowest BCUT2D eigenvalue weighted by atomic mass is 9.87. The van der Waals surface area contributed by atoms with Gasteiger partial charge in [0.25, 0.3) is 0 Å². The molecule has 0 atom stereocenters. The zero-order valence-electron chi connectivity index (χ0n) is 39.7. The lowest BCUT2D eigenvalue weighted by molar-refractivity contribution is 0.582. The smallest absolute Gasteiger partial charge is 0.248 e. The van der Waals surface area contributed by atoms with E-state index in [9.17, 15) is 0 Å². The van der Waals surface area contributed by atoms with E-state index in [-0.39, 0.29) is 5.41 Å². The summed E-state index contributed by atoms with van der Waals surface area (Å²) < 4.78 is 6.14. The highest BCUT2D eigenvalue weighted by Crippen LogP contribution is 2.38. The molecule has 12 rings (SSSR count). The molecule has 0 aliphatic rings. The second kappa shape index (κ2) is 18.4. The van der Waals surface area contributed by atoms with E-state index in [1.165, 1.54) is 5.56 Å². The molecule has 0 unspecified atom stereocenters. The van der Waals surface area contributed by atoms with Gasteiger partial charge in [-0.3, -0.25) is 29.9 Å². The van der Waals surface area contributed by atoms with Crippen LogP contribution < -0.4 is 4.90 Å². The Morgan fingerprint density at radius 2 is 0.792 bits per heavy atom. The molecular formula is C62H45N9O. The van der Waals surface area contributed by atoms with Gasteiger partial charge in [0.2, 0.25) is 11.8 Å². The molecule has 344 valence electrons. The first-order valence-electron chi connectivity index (χ1n) is 23.8. The predicted octanol–water partition coefficient (Wildman–Crippen LogP) is 15.5. The molecule has 0 N–H and O–H groups in total. The molecule has 72 heavy (non-hydrogen) atoms. The molecule has 12 aromatic rings. The number of benzene rings is 7. The first kappa shape index (κ1) is 43.7. The minimum Gasteiger partial charge on any atom is -0.416 e. The summed E-state index contributed by atoms with van der Waals surface area (Å²) in [4.78, 5) is 30.7. The Balaban J connectivity index is 0.835. The van der Waals surface area contributed by atoms with Crippen LogP contribution in [0.25, 0.3) is 77.6 Å². The summed E-state index contributed by atoms with van der Waals surface area (Å²) in [6.07, 6.45) is 11.0. The Hall–Kier alpha value is -9.54. The molecule has 5 aromatic heterocycles. The average Bonchev–Trinajstić information content (AvgIpc) is 3.93. The quantitative estimate of drug-likeness (QED) is 0.0982. The van der Waals surface area contributed by atoms with Crippen molar-refractivity contribution in [1.29, 1.82) is 0 Å². The molecule has 0 saturated heterocycles. The molecule has 0 aliphatic heterocycles. The average molecular weight is 932 g/mol. The minimum atomic E-state index is 0.0628. The van der Waals surface area contributed by atoms with Gasteiger partial charge in [-0.2, -0.15) is 0 Å². The van der Waals surface area contributed by atoms with Crippen LogP contribution in [0.4, 0.5) is 28.4 Å². The third kappa shape index (κ3) is 8.62. The van der Waals surface area contributed by atoms with Crippen LogP contribution in [0.1, 0.15) is 37.5 Å². The van der Waals surface area contributed by atoms with Crippen molar-refractivity contribution in [2.75, 3.05) is 4.90 Å². The van der Waals surface area contributed by atoms with Gasteiger partial charge < -0.3 is 9.32 Å². The van der Waals surface area contributed by atoms with Gasteiger partial charge in [0.1, 0.15) is 0 Å². The molecule has 0 aliphatic carbocycles. The van der Waals surface area contributed by atoms with Crippen molar-refractivity contribution in [3.8, 4) is 34.0 Å². The third-order valence-corrected chi connectivity index (χ3v) is 12.9. The monoisotopic (exact) mass is 931 g/mol. The van der Waals surface area contributed by atoms with Crippen molar-refractivity contribution in [2.24, 2.45) is 9.98 Å². The van der Waals surface area contributed by atoms with E-state index < -0.39 is 0 Å². The van der Waals surface area contributed by atoms with E-state index in [0.29, 0.717) is 11.8 Å². The van der Waals surface area contributed by atoms with Crippen molar-refractivity contribution in [1.82, 2.24) is 30.1 Å². The van der Waals surface area contributed by atoms with E-state index in [1.807, 2.05) is 85.2 Å². The number of hydrogen-bond donors (Lipinski definition) is 0. The van der Waals surface area contributed by atoms with Crippen LogP contribution in [0, 0.1) is 0 Å². The molecule has 5 heterocycles. The molecule has 0 fully saturated rings. The summed E-state index contributed by atoms with van der Waals surface area (Å²) in [5.74, 6) is 0.974. The SMILES string of the molecule is CC(C)(C)c1ccc(-c2nnc(-c3ccc(-c4ccc(N(c5ccc(C=Nc6cc7cccnc7c7ncccc67)cc5)c5ccc(C=Nc6cc7cccnc7c7ncccc67)cc5)cc4)cc3)o2)cc1. The Bertz CT molecular complexity index is 3820. The number of aromatic nitrogens is 6. The lowest BCUT2D eigenvalue weighted by Crippen LogP contribution is -2.10. The normalized spacial score (nSPS) is 12.0. The fourth-order valence-electron chi connectivity index (χ4n) is 9.06. The van der Waals surface area contributed by atoms with Crippen molar-refractivity contribution < 1.29 is 4.42 Å². The maximum absolute atomic E-state index is 6.14. The van der Waals surface area contributed by atoms with Crippen LogP contribution in [-0.2, 0) is 5.41 Å². The largest absolute Gasteiger partial charge is 0.416 e. The van der Waals surface area contributed by atoms with Crippen molar-refractivity contribution in [2.45, 2.75) is 26.2 Å². The molecule has 10 nitrogen and oxygen atoms in total. The Morgan fingerprint density at radius 3 is 1.24 bits per heavy atom. The molecule has 0 spiro atoms. The fourth-order valence-corrected chi connectivity index (χ4v) is 9.06. The highest BCUT2D eigenvalue weighted by molar-refractivity contribution is 6.10. The Labute approximate surface area is 415 Å². The summed E-state index contributed by atoms with van der Waals surface area (Å²) >= 11 is 0. The maximum atomic E-state index is 6.14. The van der Waals surface area contributed by atoms with Gasteiger partial charge in [-0.1, -0.05) is 93.6 Å². The fraction of sp³-hybridized carbons (Fsp3) is 0.0645. The van der Waals surface area contributed by atoms with Crippen LogP contribution in [0.3, 0.4) is 0 Å². The summed E-state index contributed by atoms with van der Waals surface area (Å²) in [7, 11) is 0. The topological polar surface area (TPSA) is 118 Å². The standard InChI is InChI=1S/C62H45N9O/c1-62(2,3)48-24-20-45(21-25-48)61-70-69-60(72-61)44-18-16-42(17-19-44)43-22-30-51(31-23-43)71(49-26-12-40(13-27-49)38-67-54-36-46-8-4-32-63-56(46)58-52(54)10-6-34-65-58)50-28-14-41(15-29-50)39-68-55-37-47-9-5-33-64-57(47)59-53(55)11-7-35-66-59/h4-39H,1-3H3. The van der Waals surface area contributed by atoms with Crippen molar-refractivity contribution in [3.05, 3.63) is 223 Å². The highest BCUT2D eigenvalue weighted by atomic mass is 16.4. The lowest BCUT2D eigenvalue weighted by Gasteiger charge is -2.26. The van der Waals surface area contributed by atoms with E-state index in [0.717, 1.165) is 105 Å². The minimum absolute atomic E-state index is 0.0628. The van der Waals surface area contributed by atoms with Crippen LogP contribution in [0.5, 0.6) is 0 Å². The number of anilines is 3. The molecule has 0 radical (unpaired) electrons. The van der Waals surface area contributed by atoms with Crippen LogP contribution in [0.2, 0.25) is 0 Å². The maximum Gasteiger partial charge on any atom is 0.248 e. The summed E-state index contributed by atoms with van der Waals surface area (Å²) in [5.41, 5.74) is 15.2. The van der Waals surface area contributed by atoms with Crippen molar-refractivity contribution in [3.63, 3.8) is 0 Å². The zero-order valence-corrected chi connectivity index (χ0v) is 39.7. The summed E-state index contributed by atoms with van der Waals surface area (Å²) in [6, 6.07) is 62.1. The van der Waals surface area contributed by atoms with E-state index in [2.05, 4.69) is 165 Å². The van der Waals surface area contributed by atoms with Gasteiger partial charge >= 0.3 is 0 Å². The van der Waals surface area contributed by atoms with E-state index >= 15 is 0 Å².